The maximum absolute atomic E-state index is 12.9. The van der Waals surface area contributed by atoms with Gasteiger partial charge < -0.3 is 9.84 Å². The Kier molecular flexibility index (Phi) is 5.78. The maximum Gasteiger partial charge on any atom is 0.414 e. The van der Waals surface area contributed by atoms with E-state index in [0.717, 1.165) is 17.2 Å². The van der Waals surface area contributed by atoms with Crippen LogP contribution in [0.1, 0.15) is 45.1 Å². The highest BCUT2D eigenvalue weighted by Crippen LogP contribution is 2.43. The molecule has 29 heavy (non-hydrogen) atoms. The Labute approximate surface area is 171 Å². The fourth-order valence-corrected chi connectivity index (χ4v) is 4.07. The van der Waals surface area contributed by atoms with E-state index >= 15 is 0 Å². The first-order valence-electron chi connectivity index (χ1n) is 9.56. The van der Waals surface area contributed by atoms with Crippen LogP contribution in [0.15, 0.2) is 30.3 Å². The summed E-state index contributed by atoms with van der Waals surface area (Å²) in [5.74, 6) is -0.199. The van der Waals surface area contributed by atoms with E-state index in [1.807, 2.05) is 18.2 Å². The van der Waals surface area contributed by atoms with E-state index < -0.39 is 21.8 Å². The number of nitrogens with zero attached hydrogens (tertiary/aromatic N) is 1. The molecule has 1 aliphatic rings. The van der Waals surface area contributed by atoms with Gasteiger partial charge in [0.05, 0.1) is 18.6 Å². The molecule has 1 heterocycles. The van der Waals surface area contributed by atoms with Gasteiger partial charge in [0, 0.05) is 23.9 Å². The molecular formula is C21H27NO6S. The maximum atomic E-state index is 12.9. The second-order valence-corrected chi connectivity index (χ2v) is 9.98. The number of phenols is 1. The van der Waals surface area contributed by atoms with Crippen LogP contribution in [0.25, 0.3) is 10.8 Å². The SMILES string of the molecule is CC(C)(C)OC(=O)N1CCC[C@@H](COS(C)(=O)=O)c2c1cc(O)c1ccccc21. The third-order valence-electron chi connectivity index (χ3n) is 4.77. The fraction of sp³-hybridized carbons (Fsp3) is 0.476. The standard InChI is InChI=1S/C21H27NO6S/c1-21(2,3)28-20(24)22-11-7-8-14(13-27-29(4,25)26)19-16-10-6-5-9-15(16)18(23)12-17(19)22/h5-6,9-10,12,14,23H,7-8,11,13H2,1-4H3/t14-/m0/s1. The van der Waals surface area contributed by atoms with Crippen molar-refractivity contribution in [1.29, 1.82) is 0 Å². The first-order valence-corrected chi connectivity index (χ1v) is 11.4. The highest BCUT2D eigenvalue weighted by molar-refractivity contribution is 7.85. The zero-order chi connectivity index (χ0) is 21.4. The van der Waals surface area contributed by atoms with E-state index in [0.29, 0.717) is 30.5 Å². The van der Waals surface area contributed by atoms with Gasteiger partial charge in [-0.1, -0.05) is 24.3 Å². The van der Waals surface area contributed by atoms with Gasteiger partial charge >= 0.3 is 6.09 Å². The Morgan fingerprint density at radius 3 is 2.52 bits per heavy atom. The number of benzene rings is 2. The molecule has 0 spiro atoms. The van der Waals surface area contributed by atoms with Gasteiger partial charge in [0.25, 0.3) is 10.1 Å². The molecule has 3 rings (SSSR count). The van der Waals surface area contributed by atoms with Crippen molar-refractivity contribution < 1.29 is 27.2 Å². The Morgan fingerprint density at radius 2 is 1.90 bits per heavy atom. The molecule has 0 radical (unpaired) electrons. The molecule has 0 aliphatic carbocycles. The molecule has 1 atom stereocenters. The van der Waals surface area contributed by atoms with Gasteiger partial charge in [-0.25, -0.2) is 4.79 Å². The number of ether oxygens (including phenoxy) is 1. The lowest BCUT2D eigenvalue weighted by Crippen LogP contribution is -2.37. The number of hydrogen-bond donors (Lipinski definition) is 1. The van der Waals surface area contributed by atoms with Crippen molar-refractivity contribution in [3.63, 3.8) is 0 Å². The summed E-state index contributed by atoms with van der Waals surface area (Å²) in [5.41, 5.74) is 0.641. The molecule has 2 aromatic rings. The van der Waals surface area contributed by atoms with Crippen LogP contribution in [0.4, 0.5) is 10.5 Å². The van der Waals surface area contributed by atoms with Gasteiger partial charge in [-0.15, -0.1) is 0 Å². The lowest BCUT2D eigenvalue weighted by Gasteiger charge is -2.29. The van der Waals surface area contributed by atoms with Crippen molar-refractivity contribution >= 4 is 32.7 Å². The second kappa shape index (κ2) is 7.84. The number of amides is 1. The molecule has 0 unspecified atom stereocenters. The van der Waals surface area contributed by atoms with E-state index in [4.69, 9.17) is 8.92 Å². The summed E-state index contributed by atoms with van der Waals surface area (Å²) < 4.78 is 33.8. The van der Waals surface area contributed by atoms with E-state index in [9.17, 15) is 18.3 Å². The first kappa shape index (κ1) is 21.4. The summed E-state index contributed by atoms with van der Waals surface area (Å²) in [6.07, 6.45) is 1.79. The third-order valence-corrected chi connectivity index (χ3v) is 5.34. The van der Waals surface area contributed by atoms with Gasteiger partial charge in [0.1, 0.15) is 11.4 Å². The molecule has 158 valence electrons. The average Bonchev–Trinajstić information content (AvgIpc) is 2.77. The molecule has 8 heteroatoms. The van der Waals surface area contributed by atoms with Crippen LogP contribution < -0.4 is 4.90 Å². The van der Waals surface area contributed by atoms with Crippen molar-refractivity contribution in [3.05, 3.63) is 35.9 Å². The van der Waals surface area contributed by atoms with Gasteiger partial charge in [0.2, 0.25) is 0 Å². The van der Waals surface area contributed by atoms with Crippen LogP contribution in [-0.4, -0.2) is 44.6 Å². The second-order valence-electron chi connectivity index (χ2n) is 8.33. The summed E-state index contributed by atoms with van der Waals surface area (Å²) in [4.78, 5) is 14.4. The quantitative estimate of drug-likeness (QED) is 0.749. The summed E-state index contributed by atoms with van der Waals surface area (Å²) in [6.45, 7) is 5.76. The zero-order valence-corrected chi connectivity index (χ0v) is 18.0. The molecule has 0 aromatic heterocycles. The highest BCUT2D eigenvalue weighted by atomic mass is 32.2. The van der Waals surface area contributed by atoms with Crippen molar-refractivity contribution in [2.45, 2.75) is 45.1 Å². The molecule has 0 bridgehead atoms. The first-order chi connectivity index (χ1) is 13.5. The van der Waals surface area contributed by atoms with Crippen LogP contribution in [0.2, 0.25) is 0 Å². The molecule has 0 saturated heterocycles. The van der Waals surface area contributed by atoms with E-state index in [1.54, 1.807) is 32.9 Å². The Bertz CT molecular complexity index is 1030. The molecule has 1 N–H and O–H groups in total. The Morgan fingerprint density at radius 1 is 1.24 bits per heavy atom. The number of carbonyl (C=O) groups excluding carboxylic acids is 1. The molecule has 1 amide bonds. The Hall–Kier alpha value is -2.32. The number of carbonyl (C=O) groups is 1. The van der Waals surface area contributed by atoms with Crippen molar-refractivity contribution in [1.82, 2.24) is 0 Å². The summed E-state index contributed by atoms with van der Waals surface area (Å²) in [7, 11) is -3.61. The molecule has 1 aliphatic heterocycles. The van der Waals surface area contributed by atoms with Crippen LogP contribution >= 0.6 is 0 Å². The summed E-state index contributed by atoms with van der Waals surface area (Å²) >= 11 is 0. The van der Waals surface area contributed by atoms with E-state index in [-0.39, 0.29) is 18.3 Å². The third kappa shape index (κ3) is 5.00. The topological polar surface area (TPSA) is 93.1 Å². The van der Waals surface area contributed by atoms with Crippen LogP contribution in [0, 0.1) is 0 Å². The minimum absolute atomic E-state index is 0.0250. The largest absolute Gasteiger partial charge is 0.507 e. The number of fused-ring (bicyclic) bond motifs is 3. The molecular weight excluding hydrogens is 394 g/mol. The number of rotatable bonds is 3. The highest BCUT2D eigenvalue weighted by Gasteiger charge is 2.32. The molecule has 0 fully saturated rings. The van der Waals surface area contributed by atoms with Gasteiger partial charge in [-0.2, -0.15) is 8.42 Å². The molecule has 0 saturated carbocycles. The van der Waals surface area contributed by atoms with E-state index in [1.165, 1.54) is 4.90 Å². The number of phenolic OH excluding ortho intramolecular Hbond substituents is 1. The van der Waals surface area contributed by atoms with E-state index in [2.05, 4.69) is 0 Å². The normalized spacial score (nSPS) is 17.7. The molecule has 2 aromatic carbocycles. The van der Waals surface area contributed by atoms with Crippen molar-refractivity contribution in [2.75, 3.05) is 24.3 Å². The van der Waals surface area contributed by atoms with Crippen molar-refractivity contribution in [3.8, 4) is 5.75 Å². The number of hydrogen-bond acceptors (Lipinski definition) is 6. The minimum Gasteiger partial charge on any atom is -0.507 e. The molecule has 7 nitrogen and oxygen atoms in total. The minimum atomic E-state index is -3.61. The number of aromatic hydroxyl groups is 1. The van der Waals surface area contributed by atoms with Gasteiger partial charge in [-0.3, -0.25) is 9.08 Å². The monoisotopic (exact) mass is 421 g/mol. The average molecular weight is 422 g/mol. The van der Waals surface area contributed by atoms with Crippen LogP contribution in [-0.2, 0) is 19.0 Å². The van der Waals surface area contributed by atoms with Gasteiger partial charge in [-0.05, 0) is 44.6 Å². The predicted octanol–water partition coefficient (Wildman–Crippen LogP) is 4.14. The van der Waals surface area contributed by atoms with Gasteiger partial charge in [0.15, 0.2) is 0 Å². The lowest BCUT2D eigenvalue weighted by molar-refractivity contribution is 0.0580. The summed E-state index contributed by atoms with van der Waals surface area (Å²) in [6, 6.07) is 8.88. The predicted molar refractivity (Wildman–Crippen MR) is 112 cm³/mol. The van der Waals surface area contributed by atoms with Crippen LogP contribution in [0.3, 0.4) is 0 Å². The Balaban J connectivity index is 2.15. The smallest absolute Gasteiger partial charge is 0.414 e. The summed E-state index contributed by atoms with van der Waals surface area (Å²) in [5, 5.41) is 12.0. The number of anilines is 1. The van der Waals surface area contributed by atoms with Crippen molar-refractivity contribution in [2.24, 2.45) is 0 Å². The lowest BCUT2D eigenvalue weighted by atomic mass is 9.89. The zero-order valence-electron chi connectivity index (χ0n) is 17.1. The van der Waals surface area contributed by atoms with Crippen LogP contribution in [0.5, 0.6) is 5.75 Å². The fourth-order valence-electron chi connectivity index (χ4n) is 3.66.